The Morgan fingerprint density at radius 1 is 0.750 bits per heavy atom. The van der Waals surface area contributed by atoms with Crippen LogP contribution >= 0.6 is 46.4 Å². The van der Waals surface area contributed by atoms with E-state index in [1.165, 1.54) is 12.1 Å². The Bertz CT molecular complexity index is 1140. The third-order valence-electron chi connectivity index (χ3n) is 3.98. The molecule has 1 aromatic heterocycles. The number of nitrogens with zero attached hydrogens (tertiary/aromatic N) is 1. The number of nitrogens with one attached hydrogen (secondary N) is 1. The first kappa shape index (κ1) is 24.6. The Labute approximate surface area is 196 Å². The molecule has 0 saturated heterocycles. The topological polar surface area (TPSA) is 37.5 Å². The van der Waals surface area contributed by atoms with E-state index >= 15 is 0 Å². The zero-order valence-corrected chi connectivity index (χ0v) is 18.2. The molecule has 0 radical (unpaired) electrons. The Kier molecular flexibility index (Phi) is 6.95. The molecule has 0 atom stereocenters. The van der Waals surface area contributed by atoms with Gasteiger partial charge in [-0.2, -0.15) is 31.4 Å². The van der Waals surface area contributed by atoms with E-state index < -0.39 is 23.5 Å². The monoisotopic (exact) mass is 534 g/mol. The van der Waals surface area contributed by atoms with Crippen LogP contribution in [0.4, 0.5) is 32.0 Å². The zero-order valence-electron chi connectivity index (χ0n) is 15.2. The molecule has 0 aliphatic heterocycles. The van der Waals surface area contributed by atoms with E-state index in [4.69, 9.17) is 50.8 Å². The molecule has 3 aromatic rings. The number of hydrazone groups is 1. The summed E-state index contributed by atoms with van der Waals surface area (Å²) in [6.07, 6.45) is -8.11. The molecule has 0 unspecified atom stereocenters. The lowest BCUT2D eigenvalue weighted by atomic mass is 10.1. The van der Waals surface area contributed by atoms with Crippen LogP contribution in [0, 0.1) is 0 Å². The van der Waals surface area contributed by atoms with Crippen molar-refractivity contribution in [2.45, 2.75) is 12.4 Å². The molecule has 0 saturated carbocycles. The second-order valence-electron chi connectivity index (χ2n) is 6.20. The predicted octanol–water partition coefficient (Wildman–Crippen LogP) is 9.04. The van der Waals surface area contributed by atoms with Crippen LogP contribution in [0.3, 0.4) is 0 Å². The molecular weight excluding hydrogens is 528 g/mol. The molecule has 0 spiro atoms. The van der Waals surface area contributed by atoms with E-state index in [0.29, 0.717) is 12.1 Å². The summed E-state index contributed by atoms with van der Waals surface area (Å²) in [5.74, 6) is 0.194. The van der Waals surface area contributed by atoms with Gasteiger partial charge in [-0.3, -0.25) is 5.43 Å². The fraction of sp³-hybridized carbons (Fsp3) is 0.105. The maximum atomic E-state index is 12.9. The summed E-state index contributed by atoms with van der Waals surface area (Å²) >= 11 is 23.6. The number of furan rings is 1. The molecule has 32 heavy (non-hydrogen) atoms. The Hall–Kier alpha value is -2.07. The highest BCUT2D eigenvalue weighted by molar-refractivity contribution is 6.39. The average Bonchev–Trinajstić information content (AvgIpc) is 3.10. The largest absolute Gasteiger partial charge is 0.455 e. The molecule has 2 aromatic carbocycles. The quantitative estimate of drug-likeness (QED) is 0.205. The molecule has 3 nitrogen and oxygen atoms in total. The number of rotatable bonds is 4. The van der Waals surface area contributed by atoms with Gasteiger partial charge in [-0.15, -0.1) is 0 Å². The van der Waals surface area contributed by atoms with Crippen molar-refractivity contribution in [3.63, 3.8) is 0 Å². The number of alkyl halides is 6. The van der Waals surface area contributed by atoms with Crippen molar-refractivity contribution in [3.8, 4) is 11.3 Å². The van der Waals surface area contributed by atoms with Crippen LogP contribution in [0.1, 0.15) is 16.9 Å². The van der Waals surface area contributed by atoms with Crippen molar-refractivity contribution < 1.29 is 30.8 Å². The number of hydrogen-bond acceptors (Lipinski definition) is 3. The normalized spacial score (nSPS) is 12.6. The molecule has 0 amide bonds. The second-order valence-corrected chi connectivity index (χ2v) is 7.83. The lowest BCUT2D eigenvalue weighted by Gasteiger charge is -2.11. The van der Waals surface area contributed by atoms with Crippen molar-refractivity contribution >= 4 is 58.3 Å². The van der Waals surface area contributed by atoms with Gasteiger partial charge >= 0.3 is 12.4 Å². The number of anilines is 1. The van der Waals surface area contributed by atoms with E-state index in [2.05, 4.69) is 10.5 Å². The van der Waals surface area contributed by atoms with E-state index in [0.717, 1.165) is 18.3 Å². The molecule has 170 valence electrons. The molecule has 0 aliphatic carbocycles. The van der Waals surface area contributed by atoms with Gasteiger partial charge in [0.25, 0.3) is 0 Å². The predicted molar refractivity (Wildman–Crippen MR) is 112 cm³/mol. The lowest BCUT2D eigenvalue weighted by molar-refractivity contribution is -0.138. The van der Waals surface area contributed by atoms with Crippen molar-refractivity contribution in [1.29, 1.82) is 0 Å². The summed E-state index contributed by atoms with van der Waals surface area (Å²) in [7, 11) is 0. The first-order valence-electron chi connectivity index (χ1n) is 8.29. The minimum atomic E-state index is -4.63. The van der Waals surface area contributed by atoms with Gasteiger partial charge in [-0.25, -0.2) is 0 Å². The van der Waals surface area contributed by atoms with Crippen LogP contribution in [0.25, 0.3) is 11.3 Å². The van der Waals surface area contributed by atoms with Gasteiger partial charge in [0.05, 0.1) is 48.7 Å². The standard InChI is InChI=1S/C19H8Cl4F6N2O/c20-11-3-8(18(24,25)26)4-12(21)16(11)15-2-1-10(32-15)7-30-31-17-13(22)5-9(6-14(17)23)19(27,28)29/h1-7,31H. The van der Waals surface area contributed by atoms with Crippen LogP contribution in [-0.2, 0) is 12.4 Å². The molecular formula is C19H8Cl4F6N2O. The first-order chi connectivity index (χ1) is 14.8. The summed E-state index contributed by atoms with van der Waals surface area (Å²) in [6, 6.07) is 5.63. The summed E-state index contributed by atoms with van der Waals surface area (Å²) in [4.78, 5) is 0. The van der Waals surface area contributed by atoms with E-state index in [1.807, 2.05) is 0 Å². The van der Waals surface area contributed by atoms with Gasteiger partial charge < -0.3 is 4.42 Å². The van der Waals surface area contributed by atoms with Gasteiger partial charge in [-0.1, -0.05) is 46.4 Å². The van der Waals surface area contributed by atoms with E-state index in [1.54, 1.807) is 0 Å². The number of hydrogen-bond donors (Lipinski definition) is 1. The highest BCUT2D eigenvalue weighted by Crippen LogP contribution is 2.41. The van der Waals surface area contributed by atoms with Crippen LogP contribution in [0.2, 0.25) is 20.1 Å². The Morgan fingerprint density at radius 3 is 1.69 bits per heavy atom. The third-order valence-corrected chi connectivity index (χ3v) is 5.17. The van der Waals surface area contributed by atoms with Crippen LogP contribution in [-0.4, -0.2) is 6.21 Å². The van der Waals surface area contributed by atoms with Crippen molar-refractivity contribution in [1.82, 2.24) is 0 Å². The van der Waals surface area contributed by atoms with E-state index in [-0.39, 0.29) is 42.9 Å². The summed E-state index contributed by atoms with van der Waals surface area (Å²) in [5.41, 5.74) is 0.339. The van der Waals surface area contributed by atoms with Crippen LogP contribution in [0.15, 0.2) is 45.9 Å². The fourth-order valence-corrected chi connectivity index (χ4v) is 3.78. The summed E-state index contributed by atoms with van der Waals surface area (Å²) in [5, 5.41) is 2.61. The van der Waals surface area contributed by atoms with Gasteiger partial charge in [0.15, 0.2) is 0 Å². The highest BCUT2D eigenvalue weighted by Gasteiger charge is 2.33. The van der Waals surface area contributed by atoms with Crippen molar-refractivity contribution in [2.75, 3.05) is 5.43 Å². The Morgan fingerprint density at radius 2 is 1.22 bits per heavy atom. The van der Waals surface area contributed by atoms with Gasteiger partial charge in [-0.05, 0) is 36.4 Å². The number of benzene rings is 2. The highest BCUT2D eigenvalue weighted by atomic mass is 35.5. The molecule has 0 bridgehead atoms. The molecule has 0 fully saturated rings. The van der Waals surface area contributed by atoms with Gasteiger partial charge in [0.2, 0.25) is 0 Å². The van der Waals surface area contributed by atoms with Gasteiger partial charge in [0.1, 0.15) is 11.5 Å². The molecule has 1 N–H and O–H groups in total. The first-order valence-corrected chi connectivity index (χ1v) is 9.80. The maximum absolute atomic E-state index is 12.9. The van der Waals surface area contributed by atoms with Crippen LogP contribution in [0.5, 0.6) is 0 Å². The van der Waals surface area contributed by atoms with Crippen molar-refractivity contribution in [2.24, 2.45) is 5.10 Å². The average molecular weight is 536 g/mol. The summed E-state index contributed by atoms with van der Waals surface area (Å²) < 4.78 is 82.4. The smallest absolute Gasteiger partial charge is 0.416 e. The van der Waals surface area contributed by atoms with Crippen LogP contribution < -0.4 is 5.43 Å². The third kappa shape index (κ3) is 5.46. The molecule has 3 rings (SSSR count). The molecule has 13 heteroatoms. The minimum Gasteiger partial charge on any atom is -0.455 e. The fourth-order valence-electron chi connectivity index (χ4n) is 2.53. The second kappa shape index (κ2) is 9.05. The maximum Gasteiger partial charge on any atom is 0.416 e. The van der Waals surface area contributed by atoms with Gasteiger partial charge in [0, 0.05) is 0 Å². The Balaban J connectivity index is 1.81. The number of halogens is 10. The zero-order chi connectivity index (χ0) is 23.8. The van der Waals surface area contributed by atoms with E-state index in [9.17, 15) is 26.3 Å². The lowest BCUT2D eigenvalue weighted by Crippen LogP contribution is -2.05. The summed E-state index contributed by atoms with van der Waals surface area (Å²) in [6.45, 7) is 0. The minimum absolute atomic E-state index is 0.0442. The molecule has 1 heterocycles. The van der Waals surface area contributed by atoms with Crippen molar-refractivity contribution in [3.05, 3.63) is 73.4 Å². The SMILES string of the molecule is FC(F)(F)c1cc(Cl)c(NN=Cc2ccc(-c3c(Cl)cc(C(F)(F)F)cc3Cl)o2)c(Cl)c1. The molecule has 0 aliphatic rings.